The molecule has 3 saturated heterocycles. The molecular weight excluding hydrogens is 475 g/mol. The molecule has 15 atom stereocenters. The normalized spacial score (nSPS) is 52.5. The van der Waals surface area contributed by atoms with Crippen molar-refractivity contribution in [3.63, 3.8) is 0 Å². The van der Waals surface area contributed by atoms with E-state index in [1.54, 1.807) is 0 Å². The summed E-state index contributed by atoms with van der Waals surface area (Å²) < 4.78 is 39.3. The van der Waals surface area contributed by atoms with Crippen LogP contribution in [-0.2, 0) is 23.7 Å². The molecule has 3 aliphatic heterocycles. The fraction of sp³-hybridized carbons (Fsp3) is 1.00. The third-order valence-corrected chi connectivity index (χ3v) is 6.07. The van der Waals surface area contributed by atoms with Crippen LogP contribution in [0.1, 0.15) is 0 Å². The Morgan fingerprint density at radius 3 is 1.56 bits per heavy atom. The monoisotopic (exact) mass is 506 g/mol. The number of aliphatic hydroxyl groups excluding tert-OH is 10. The van der Waals surface area contributed by atoms with Gasteiger partial charge in [-0.15, -0.1) is 0 Å². The van der Waals surface area contributed by atoms with E-state index in [9.17, 15) is 55.5 Å². The summed E-state index contributed by atoms with van der Waals surface area (Å²) in [4.78, 5) is 0. The summed E-state index contributed by atoms with van der Waals surface area (Å²) in [6, 6.07) is 0. The largest absolute Gasteiger partial charge is 0.394 e. The van der Waals surface area contributed by atoms with E-state index in [4.69, 9.17) is 23.7 Å². The molecule has 200 valence electrons. The second kappa shape index (κ2) is 11.6. The molecule has 0 saturated carbocycles. The molecule has 15 nitrogen and oxygen atoms in total. The fourth-order valence-corrected chi connectivity index (χ4v) is 4.00. The second-order valence-electron chi connectivity index (χ2n) is 8.31. The SMILES string of the molecule is OC[C@H]1O[C@H](O[C@@H]2[C@@H](O[C@@H]3C(O)O[C@H](CF)[C@@H](O)[C@@H]3O)O[C@H](CO)[C@@H](O)[C@@H]2O)[C@@H](O)[C@@H](O)[C@@H]1O. The van der Waals surface area contributed by atoms with E-state index in [1.807, 2.05) is 0 Å². The Balaban J connectivity index is 1.82. The smallest absolute Gasteiger partial charge is 0.187 e. The molecule has 0 spiro atoms. The lowest BCUT2D eigenvalue weighted by atomic mass is 9.96. The van der Waals surface area contributed by atoms with Crippen molar-refractivity contribution >= 4 is 0 Å². The van der Waals surface area contributed by atoms with Crippen LogP contribution in [0, 0.1) is 0 Å². The number of alkyl halides is 1. The first kappa shape index (κ1) is 27.9. The average molecular weight is 506 g/mol. The lowest BCUT2D eigenvalue weighted by Crippen LogP contribution is -2.66. The van der Waals surface area contributed by atoms with E-state index in [2.05, 4.69) is 0 Å². The maximum Gasteiger partial charge on any atom is 0.187 e. The molecule has 0 aromatic carbocycles. The van der Waals surface area contributed by atoms with E-state index in [0.717, 1.165) is 0 Å². The molecule has 16 heteroatoms. The van der Waals surface area contributed by atoms with Crippen molar-refractivity contribution in [2.45, 2.75) is 92.1 Å². The molecule has 10 N–H and O–H groups in total. The predicted octanol–water partition coefficient (Wildman–Crippen LogP) is -6.60. The molecule has 1 unspecified atom stereocenters. The van der Waals surface area contributed by atoms with E-state index in [-0.39, 0.29) is 0 Å². The number of hydrogen-bond donors (Lipinski definition) is 10. The molecule has 0 amide bonds. The molecule has 34 heavy (non-hydrogen) atoms. The molecule has 0 bridgehead atoms. The highest BCUT2D eigenvalue weighted by Gasteiger charge is 2.53. The van der Waals surface area contributed by atoms with Gasteiger partial charge in [-0.3, -0.25) is 0 Å². The van der Waals surface area contributed by atoms with E-state index < -0.39 is 112 Å². The number of ether oxygens (including phenoxy) is 5. The quantitative estimate of drug-likeness (QED) is 0.154. The highest BCUT2D eigenvalue weighted by Crippen LogP contribution is 2.32. The van der Waals surface area contributed by atoms with Gasteiger partial charge in [-0.25, -0.2) is 4.39 Å². The Morgan fingerprint density at radius 2 is 1.00 bits per heavy atom. The third kappa shape index (κ3) is 5.36. The van der Waals surface area contributed by atoms with E-state index in [1.165, 1.54) is 0 Å². The van der Waals surface area contributed by atoms with E-state index in [0.29, 0.717) is 0 Å². The standard InChI is InChI=1S/C18H31FO15/c19-1-4-7(22)11(26)14(16(29)30-4)33-18-15(12(27)9(24)6(3-21)32-18)34-17-13(28)10(25)8(23)5(2-20)31-17/h4-18,20-29H,1-3H2/t4-,5-,6-,7-,8-,9-,10+,11+,12+,13+,14+,15+,16?,17-,18-/m1/s1. The van der Waals surface area contributed by atoms with Crippen molar-refractivity contribution in [3.8, 4) is 0 Å². The van der Waals surface area contributed by atoms with Crippen LogP contribution in [0.4, 0.5) is 4.39 Å². The molecule has 0 aromatic heterocycles. The van der Waals surface area contributed by atoms with Crippen LogP contribution < -0.4 is 0 Å². The number of rotatable bonds is 7. The summed E-state index contributed by atoms with van der Waals surface area (Å²) >= 11 is 0. The molecule has 0 radical (unpaired) electrons. The van der Waals surface area contributed by atoms with Crippen LogP contribution >= 0.6 is 0 Å². The van der Waals surface area contributed by atoms with Crippen LogP contribution in [0.3, 0.4) is 0 Å². The summed E-state index contributed by atoms with van der Waals surface area (Å²) in [6.45, 7) is -2.83. The van der Waals surface area contributed by atoms with Gasteiger partial charge in [-0.05, 0) is 0 Å². The average Bonchev–Trinajstić information content (AvgIpc) is 2.83. The summed E-state index contributed by atoms with van der Waals surface area (Å²) in [5, 5.41) is 100.0. The van der Waals surface area contributed by atoms with Crippen molar-refractivity contribution in [2.75, 3.05) is 19.9 Å². The van der Waals surface area contributed by atoms with Crippen molar-refractivity contribution < 1.29 is 79.1 Å². The van der Waals surface area contributed by atoms with E-state index >= 15 is 0 Å². The Labute approximate surface area is 192 Å². The van der Waals surface area contributed by atoms with Crippen LogP contribution in [0.25, 0.3) is 0 Å². The molecule has 0 aliphatic carbocycles. The summed E-state index contributed by atoms with van der Waals surface area (Å²) in [5.74, 6) is 0. The van der Waals surface area contributed by atoms with Crippen molar-refractivity contribution in [3.05, 3.63) is 0 Å². The van der Waals surface area contributed by atoms with Crippen molar-refractivity contribution in [2.24, 2.45) is 0 Å². The molecule has 3 heterocycles. The molecule has 0 aromatic rings. The van der Waals surface area contributed by atoms with Crippen LogP contribution in [-0.4, -0.2) is 163 Å². The maximum atomic E-state index is 13.0. The van der Waals surface area contributed by atoms with Gasteiger partial charge in [-0.2, -0.15) is 0 Å². The van der Waals surface area contributed by atoms with Gasteiger partial charge in [0.05, 0.1) is 13.2 Å². The topological polar surface area (TPSA) is 248 Å². The van der Waals surface area contributed by atoms with Gasteiger partial charge in [0.15, 0.2) is 18.9 Å². The minimum absolute atomic E-state index is 0.783. The fourth-order valence-electron chi connectivity index (χ4n) is 4.00. The van der Waals surface area contributed by atoms with Crippen molar-refractivity contribution in [1.82, 2.24) is 0 Å². The van der Waals surface area contributed by atoms with Crippen LogP contribution in [0.15, 0.2) is 0 Å². The van der Waals surface area contributed by atoms with Gasteiger partial charge in [0.25, 0.3) is 0 Å². The summed E-state index contributed by atoms with van der Waals surface area (Å²) in [6.07, 6.45) is -26.4. The highest BCUT2D eigenvalue weighted by atomic mass is 19.1. The Hall–Kier alpha value is -0.670. The first-order valence-electron chi connectivity index (χ1n) is 10.5. The second-order valence-corrected chi connectivity index (χ2v) is 8.31. The van der Waals surface area contributed by atoms with Gasteiger partial charge in [0.1, 0.15) is 79.9 Å². The van der Waals surface area contributed by atoms with Gasteiger partial charge >= 0.3 is 0 Å². The number of hydrogen-bond acceptors (Lipinski definition) is 15. The van der Waals surface area contributed by atoms with Crippen molar-refractivity contribution in [1.29, 1.82) is 0 Å². The molecule has 3 aliphatic rings. The minimum atomic E-state index is -1.98. The zero-order chi connectivity index (χ0) is 25.3. The van der Waals surface area contributed by atoms with Gasteiger partial charge in [0, 0.05) is 0 Å². The third-order valence-electron chi connectivity index (χ3n) is 6.07. The van der Waals surface area contributed by atoms with Gasteiger partial charge in [-0.1, -0.05) is 0 Å². The van der Waals surface area contributed by atoms with Crippen LogP contribution in [0.5, 0.6) is 0 Å². The molecular formula is C18H31FO15. The summed E-state index contributed by atoms with van der Waals surface area (Å²) in [5.41, 5.74) is 0. The lowest BCUT2D eigenvalue weighted by Gasteiger charge is -2.48. The van der Waals surface area contributed by atoms with Crippen LogP contribution in [0.2, 0.25) is 0 Å². The minimum Gasteiger partial charge on any atom is -0.394 e. The highest BCUT2D eigenvalue weighted by molar-refractivity contribution is 4.95. The Morgan fingerprint density at radius 1 is 0.529 bits per heavy atom. The van der Waals surface area contributed by atoms with Gasteiger partial charge < -0.3 is 74.7 Å². The maximum absolute atomic E-state index is 13.0. The molecule has 3 fully saturated rings. The zero-order valence-electron chi connectivity index (χ0n) is 17.7. The number of halogens is 1. The lowest BCUT2D eigenvalue weighted by molar-refractivity contribution is -0.390. The Kier molecular flexibility index (Phi) is 9.51. The first-order chi connectivity index (χ1) is 16.0. The summed E-state index contributed by atoms with van der Waals surface area (Å²) in [7, 11) is 0. The zero-order valence-corrected chi connectivity index (χ0v) is 17.7. The molecule has 3 rings (SSSR count). The number of aliphatic hydroxyl groups is 10. The first-order valence-corrected chi connectivity index (χ1v) is 10.5. The Bertz CT molecular complexity index is 644. The van der Waals surface area contributed by atoms with Gasteiger partial charge in [0.2, 0.25) is 0 Å². The predicted molar refractivity (Wildman–Crippen MR) is 100 cm³/mol.